The van der Waals surface area contributed by atoms with Crippen LogP contribution in [0.1, 0.15) is 33.4 Å². The number of aromatic nitrogens is 1. The van der Waals surface area contributed by atoms with Gasteiger partial charge in [0.05, 0.1) is 12.6 Å². The number of hydrogen-bond acceptors (Lipinski definition) is 2. The van der Waals surface area contributed by atoms with Gasteiger partial charge >= 0.3 is 0 Å². The zero-order valence-corrected chi connectivity index (χ0v) is 13.0. The van der Waals surface area contributed by atoms with E-state index in [2.05, 4.69) is 26.1 Å². The van der Waals surface area contributed by atoms with E-state index in [4.69, 9.17) is 0 Å². The zero-order chi connectivity index (χ0) is 14.6. The minimum Gasteiger partial charge on any atom is -0.353 e. The molecule has 108 valence electrons. The Kier molecular flexibility index (Phi) is 5.60. The third-order valence-corrected chi connectivity index (χ3v) is 3.71. The van der Waals surface area contributed by atoms with Gasteiger partial charge in [-0.15, -0.1) is 0 Å². The molecule has 1 aromatic rings. The summed E-state index contributed by atoms with van der Waals surface area (Å²) in [6.07, 6.45) is 2.00. The van der Waals surface area contributed by atoms with E-state index in [0.29, 0.717) is 18.5 Å². The molecule has 4 nitrogen and oxygen atoms in total. The Morgan fingerprint density at radius 1 is 1.37 bits per heavy atom. The van der Waals surface area contributed by atoms with Gasteiger partial charge in [-0.05, 0) is 31.9 Å². The summed E-state index contributed by atoms with van der Waals surface area (Å²) in [5.74, 6) is 0.655. The Bertz CT molecular complexity index is 411. The van der Waals surface area contributed by atoms with Crippen molar-refractivity contribution < 1.29 is 4.79 Å². The first-order chi connectivity index (χ1) is 8.82. The van der Waals surface area contributed by atoms with Crippen molar-refractivity contribution in [2.24, 2.45) is 13.0 Å². The lowest BCUT2D eigenvalue weighted by molar-refractivity contribution is -0.132. The van der Waals surface area contributed by atoms with E-state index in [1.165, 1.54) is 0 Å². The van der Waals surface area contributed by atoms with Gasteiger partial charge in [0.1, 0.15) is 0 Å². The van der Waals surface area contributed by atoms with Gasteiger partial charge in [-0.3, -0.25) is 4.79 Å². The molecule has 1 heterocycles. The summed E-state index contributed by atoms with van der Waals surface area (Å²) in [6, 6.07) is 4.22. The van der Waals surface area contributed by atoms with Crippen LogP contribution in [-0.4, -0.2) is 34.5 Å². The zero-order valence-electron chi connectivity index (χ0n) is 13.0. The maximum absolute atomic E-state index is 12.3. The Hall–Kier alpha value is -1.29. The number of hydrogen-bond donors (Lipinski definition) is 1. The molecule has 1 rings (SSSR count). The number of carbonyl (C=O) groups excluding carboxylic acids is 1. The van der Waals surface area contributed by atoms with Crippen molar-refractivity contribution in [1.29, 1.82) is 0 Å². The number of carbonyl (C=O) groups is 1. The lowest BCUT2D eigenvalue weighted by Gasteiger charge is -2.26. The van der Waals surface area contributed by atoms with Crippen molar-refractivity contribution in [1.82, 2.24) is 14.8 Å². The molecule has 1 amide bonds. The molecule has 0 aromatic carbocycles. The summed E-state index contributed by atoms with van der Waals surface area (Å²) < 4.78 is 2.04. The first-order valence-corrected chi connectivity index (χ1v) is 6.94. The van der Waals surface area contributed by atoms with Crippen molar-refractivity contribution in [3.8, 4) is 0 Å². The van der Waals surface area contributed by atoms with E-state index in [1.807, 2.05) is 43.9 Å². The Morgan fingerprint density at radius 3 is 2.47 bits per heavy atom. The van der Waals surface area contributed by atoms with Gasteiger partial charge in [0, 0.05) is 32.0 Å². The quantitative estimate of drug-likeness (QED) is 0.854. The fourth-order valence-corrected chi connectivity index (χ4v) is 1.97. The fraction of sp³-hybridized carbons (Fsp3) is 0.667. The van der Waals surface area contributed by atoms with E-state index < -0.39 is 0 Å². The first-order valence-electron chi connectivity index (χ1n) is 6.94. The van der Waals surface area contributed by atoms with Gasteiger partial charge < -0.3 is 14.8 Å². The van der Waals surface area contributed by atoms with E-state index in [1.54, 1.807) is 4.90 Å². The van der Waals surface area contributed by atoms with Crippen molar-refractivity contribution in [3.05, 3.63) is 24.0 Å². The SMILES string of the molecule is CC(C)[C@@H](C)N[C@H](C)C(=O)N(C)Cc1cccn1C. The van der Waals surface area contributed by atoms with Gasteiger partial charge in [0.15, 0.2) is 0 Å². The predicted octanol–water partition coefficient (Wildman–Crippen LogP) is 2.01. The molecule has 2 atom stereocenters. The lowest BCUT2D eigenvalue weighted by atomic mass is 10.1. The summed E-state index contributed by atoms with van der Waals surface area (Å²) in [7, 11) is 3.85. The van der Waals surface area contributed by atoms with E-state index >= 15 is 0 Å². The number of amides is 1. The summed E-state index contributed by atoms with van der Waals surface area (Å²) in [4.78, 5) is 14.1. The van der Waals surface area contributed by atoms with Gasteiger partial charge in [0.2, 0.25) is 5.91 Å². The van der Waals surface area contributed by atoms with E-state index in [0.717, 1.165) is 5.69 Å². The van der Waals surface area contributed by atoms with E-state index in [9.17, 15) is 4.79 Å². The standard InChI is InChI=1S/C15H27N3O/c1-11(2)12(3)16-13(4)15(19)18(6)10-14-8-7-9-17(14)5/h7-9,11-13,16H,10H2,1-6H3/t12-,13-/m1/s1. The smallest absolute Gasteiger partial charge is 0.239 e. The van der Waals surface area contributed by atoms with Gasteiger partial charge in [-0.1, -0.05) is 13.8 Å². The minimum absolute atomic E-state index is 0.133. The molecular weight excluding hydrogens is 238 g/mol. The summed E-state index contributed by atoms with van der Waals surface area (Å²) in [6.45, 7) is 9.00. The van der Waals surface area contributed by atoms with Crippen LogP contribution in [0.3, 0.4) is 0 Å². The van der Waals surface area contributed by atoms with Gasteiger partial charge in [-0.25, -0.2) is 0 Å². The molecule has 0 aliphatic carbocycles. The van der Waals surface area contributed by atoms with Crippen LogP contribution < -0.4 is 5.32 Å². The molecule has 0 bridgehead atoms. The van der Waals surface area contributed by atoms with Crippen LogP contribution in [0, 0.1) is 5.92 Å². The largest absolute Gasteiger partial charge is 0.353 e. The molecule has 0 saturated carbocycles. The molecule has 1 aromatic heterocycles. The second kappa shape index (κ2) is 6.75. The molecule has 0 saturated heterocycles. The van der Waals surface area contributed by atoms with Gasteiger partial charge in [0.25, 0.3) is 0 Å². The summed E-state index contributed by atoms with van der Waals surface area (Å²) in [5, 5.41) is 3.36. The summed E-state index contributed by atoms with van der Waals surface area (Å²) >= 11 is 0. The van der Waals surface area contributed by atoms with Crippen molar-refractivity contribution in [2.45, 2.75) is 46.3 Å². The monoisotopic (exact) mass is 265 g/mol. The fourth-order valence-electron chi connectivity index (χ4n) is 1.97. The lowest BCUT2D eigenvalue weighted by Crippen LogP contribution is -2.47. The molecule has 19 heavy (non-hydrogen) atoms. The number of rotatable bonds is 6. The van der Waals surface area contributed by atoms with Crippen molar-refractivity contribution in [3.63, 3.8) is 0 Å². The van der Waals surface area contributed by atoms with Crippen LogP contribution in [0.15, 0.2) is 18.3 Å². The van der Waals surface area contributed by atoms with Gasteiger partial charge in [-0.2, -0.15) is 0 Å². The topological polar surface area (TPSA) is 37.3 Å². The number of nitrogens with one attached hydrogen (secondary N) is 1. The van der Waals surface area contributed by atoms with Crippen LogP contribution in [0.4, 0.5) is 0 Å². The normalized spacial score (nSPS) is 14.5. The second-order valence-corrected chi connectivity index (χ2v) is 5.73. The highest BCUT2D eigenvalue weighted by Gasteiger charge is 2.20. The maximum Gasteiger partial charge on any atom is 0.239 e. The van der Waals surface area contributed by atoms with Crippen LogP contribution in [-0.2, 0) is 18.4 Å². The van der Waals surface area contributed by atoms with Crippen LogP contribution in [0.5, 0.6) is 0 Å². The molecule has 0 spiro atoms. The molecule has 0 aliphatic rings. The maximum atomic E-state index is 12.3. The third kappa shape index (κ3) is 4.39. The molecule has 0 unspecified atom stereocenters. The average Bonchev–Trinajstić information content (AvgIpc) is 2.73. The molecule has 0 aliphatic heterocycles. The molecule has 0 radical (unpaired) electrons. The number of likely N-dealkylation sites (N-methyl/N-ethyl adjacent to an activating group) is 1. The van der Waals surface area contributed by atoms with Crippen LogP contribution in [0.25, 0.3) is 0 Å². The number of nitrogens with zero attached hydrogens (tertiary/aromatic N) is 2. The Balaban J connectivity index is 2.54. The predicted molar refractivity (Wildman–Crippen MR) is 78.8 cm³/mol. The highest BCUT2D eigenvalue weighted by atomic mass is 16.2. The number of aryl methyl sites for hydroxylation is 1. The van der Waals surface area contributed by atoms with Crippen LogP contribution in [0.2, 0.25) is 0 Å². The summed E-state index contributed by atoms with van der Waals surface area (Å²) in [5.41, 5.74) is 1.14. The van der Waals surface area contributed by atoms with Crippen LogP contribution >= 0.6 is 0 Å². The van der Waals surface area contributed by atoms with E-state index in [-0.39, 0.29) is 11.9 Å². The third-order valence-electron chi connectivity index (χ3n) is 3.71. The average molecular weight is 265 g/mol. The molecule has 1 N–H and O–H groups in total. The molecule has 0 fully saturated rings. The Morgan fingerprint density at radius 2 is 2.00 bits per heavy atom. The highest BCUT2D eigenvalue weighted by Crippen LogP contribution is 2.06. The minimum atomic E-state index is -0.150. The van der Waals surface area contributed by atoms with Crippen molar-refractivity contribution >= 4 is 5.91 Å². The Labute approximate surface area is 116 Å². The van der Waals surface area contributed by atoms with Crippen molar-refractivity contribution in [2.75, 3.05) is 7.05 Å². The highest BCUT2D eigenvalue weighted by molar-refractivity contribution is 5.81. The molecule has 4 heteroatoms. The molecular formula is C15H27N3O. The second-order valence-electron chi connectivity index (χ2n) is 5.73. The first kappa shape index (κ1) is 15.8.